The van der Waals surface area contributed by atoms with Crippen LogP contribution in [0.4, 0.5) is 0 Å². The molecular formula is C24H23BrOS. The lowest BCUT2D eigenvalue weighted by Gasteiger charge is -2.17. The number of hydrogen-bond donors (Lipinski definition) is 0. The second-order valence-corrected chi connectivity index (χ2v) is 9.27. The summed E-state index contributed by atoms with van der Waals surface area (Å²) in [6.45, 7) is 3.02. The van der Waals surface area contributed by atoms with Crippen LogP contribution >= 0.6 is 27.3 Å². The highest BCUT2D eigenvalue weighted by atomic mass is 79.9. The van der Waals surface area contributed by atoms with Gasteiger partial charge in [0.25, 0.3) is 0 Å². The number of fused-ring (bicyclic) bond motifs is 2. The molecule has 1 heterocycles. The highest BCUT2D eigenvalue weighted by molar-refractivity contribution is 9.11. The number of ether oxygens (including phenoxy) is 1. The minimum atomic E-state index is 0.776. The molecule has 1 nitrogen and oxygen atoms in total. The van der Waals surface area contributed by atoms with E-state index in [9.17, 15) is 0 Å². The summed E-state index contributed by atoms with van der Waals surface area (Å²) >= 11 is 5.40. The van der Waals surface area contributed by atoms with E-state index >= 15 is 0 Å². The normalized spacial score (nSPS) is 11.3. The number of unbranched alkanes of at least 4 members (excludes halogenated alkanes) is 3. The van der Waals surface area contributed by atoms with Crippen molar-refractivity contribution >= 4 is 48.8 Å². The van der Waals surface area contributed by atoms with Gasteiger partial charge in [-0.05, 0) is 45.3 Å². The second kappa shape index (κ2) is 8.45. The molecule has 0 N–H and O–H groups in total. The molecule has 0 aliphatic carbocycles. The summed E-state index contributed by atoms with van der Waals surface area (Å²) in [7, 11) is 0. The Morgan fingerprint density at radius 2 is 1.41 bits per heavy atom. The third-order valence-electron chi connectivity index (χ3n) is 4.95. The van der Waals surface area contributed by atoms with Crippen molar-refractivity contribution in [3.05, 3.63) is 64.5 Å². The molecule has 27 heavy (non-hydrogen) atoms. The van der Waals surface area contributed by atoms with Crippen molar-refractivity contribution in [1.82, 2.24) is 0 Å². The second-order valence-electron chi connectivity index (χ2n) is 6.81. The van der Waals surface area contributed by atoms with Crippen LogP contribution in [0.25, 0.3) is 32.0 Å². The lowest BCUT2D eigenvalue weighted by molar-refractivity contribution is 0.312. The van der Waals surface area contributed by atoms with Crippen LogP contribution in [-0.2, 0) is 0 Å². The van der Waals surface area contributed by atoms with Gasteiger partial charge < -0.3 is 4.74 Å². The minimum Gasteiger partial charge on any atom is -0.492 e. The fourth-order valence-electron chi connectivity index (χ4n) is 3.66. The maximum absolute atomic E-state index is 6.37. The summed E-state index contributed by atoms with van der Waals surface area (Å²) in [5, 5.41) is 4.92. The Labute approximate surface area is 173 Å². The standard InChI is InChI=1S/C24H23BrOS/c1-2-3-4-9-16-26-24-19-12-7-5-10-17(19)23(21-14-15-22(25)27-21)18-11-6-8-13-20(18)24/h5-8,10-15H,2-4,9,16H2,1H3. The SMILES string of the molecule is CCCCCCOc1c2ccccc2c(-c2ccc(Br)s2)c2ccccc12. The lowest BCUT2D eigenvalue weighted by atomic mass is 9.94. The molecule has 0 saturated carbocycles. The minimum absolute atomic E-state index is 0.776. The Balaban J connectivity index is 1.88. The molecule has 3 aromatic carbocycles. The van der Waals surface area contributed by atoms with Gasteiger partial charge in [-0.15, -0.1) is 11.3 Å². The van der Waals surface area contributed by atoms with Crippen molar-refractivity contribution in [2.45, 2.75) is 32.6 Å². The van der Waals surface area contributed by atoms with Gasteiger partial charge >= 0.3 is 0 Å². The van der Waals surface area contributed by atoms with E-state index in [1.807, 2.05) is 0 Å². The van der Waals surface area contributed by atoms with Crippen molar-refractivity contribution in [3.63, 3.8) is 0 Å². The molecule has 0 unspecified atom stereocenters. The Kier molecular flexibility index (Phi) is 5.80. The van der Waals surface area contributed by atoms with Crippen LogP contribution in [0.15, 0.2) is 64.5 Å². The maximum Gasteiger partial charge on any atom is 0.134 e. The molecule has 0 atom stereocenters. The van der Waals surface area contributed by atoms with Gasteiger partial charge in [-0.25, -0.2) is 0 Å². The fraction of sp³-hybridized carbons (Fsp3) is 0.250. The van der Waals surface area contributed by atoms with Gasteiger partial charge in [-0.3, -0.25) is 0 Å². The Morgan fingerprint density at radius 1 is 0.778 bits per heavy atom. The summed E-state index contributed by atoms with van der Waals surface area (Å²) < 4.78 is 7.52. The van der Waals surface area contributed by atoms with Crippen LogP contribution in [0, 0.1) is 0 Å². The van der Waals surface area contributed by atoms with Crippen LogP contribution in [-0.4, -0.2) is 6.61 Å². The van der Waals surface area contributed by atoms with Crippen molar-refractivity contribution in [1.29, 1.82) is 0 Å². The van der Waals surface area contributed by atoms with E-state index < -0.39 is 0 Å². The molecule has 1 aromatic heterocycles. The summed E-state index contributed by atoms with van der Waals surface area (Å²) in [4.78, 5) is 1.28. The van der Waals surface area contributed by atoms with Gasteiger partial charge in [0.1, 0.15) is 5.75 Å². The van der Waals surface area contributed by atoms with Crippen LogP contribution in [0.3, 0.4) is 0 Å². The molecule has 0 aliphatic rings. The van der Waals surface area contributed by atoms with Gasteiger partial charge in [-0.2, -0.15) is 0 Å². The van der Waals surface area contributed by atoms with Gasteiger partial charge in [-0.1, -0.05) is 74.7 Å². The van der Waals surface area contributed by atoms with Gasteiger partial charge in [0.05, 0.1) is 10.4 Å². The molecular weight excluding hydrogens is 416 g/mol. The van der Waals surface area contributed by atoms with Crippen molar-refractivity contribution in [2.24, 2.45) is 0 Å². The first kappa shape index (κ1) is 18.5. The Bertz CT molecular complexity index is 1010. The summed E-state index contributed by atoms with van der Waals surface area (Å²) in [6.07, 6.45) is 4.86. The molecule has 0 spiro atoms. The molecule has 0 bridgehead atoms. The van der Waals surface area contributed by atoms with Gasteiger partial charge in [0.15, 0.2) is 0 Å². The number of thiophene rings is 1. The molecule has 0 aliphatic heterocycles. The Hall–Kier alpha value is -1.84. The first-order valence-electron chi connectivity index (χ1n) is 9.61. The summed E-state index contributed by atoms with van der Waals surface area (Å²) in [6, 6.07) is 21.6. The molecule has 4 aromatic rings. The zero-order chi connectivity index (χ0) is 18.6. The van der Waals surface area contributed by atoms with E-state index in [2.05, 4.69) is 83.5 Å². The average Bonchev–Trinajstić information content (AvgIpc) is 3.13. The lowest BCUT2D eigenvalue weighted by Crippen LogP contribution is -1.99. The fourth-order valence-corrected chi connectivity index (χ4v) is 5.12. The molecule has 0 amide bonds. The number of rotatable bonds is 7. The van der Waals surface area contributed by atoms with Gasteiger partial charge in [0, 0.05) is 21.2 Å². The van der Waals surface area contributed by atoms with E-state index in [4.69, 9.17) is 4.74 Å². The third kappa shape index (κ3) is 3.76. The first-order chi connectivity index (χ1) is 13.3. The maximum atomic E-state index is 6.37. The molecule has 138 valence electrons. The number of benzene rings is 3. The van der Waals surface area contributed by atoms with Crippen LogP contribution in [0.5, 0.6) is 5.75 Å². The third-order valence-corrected chi connectivity index (χ3v) is 6.59. The van der Waals surface area contributed by atoms with Crippen molar-refractivity contribution in [2.75, 3.05) is 6.61 Å². The van der Waals surface area contributed by atoms with Crippen LogP contribution < -0.4 is 4.74 Å². The predicted molar refractivity (Wildman–Crippen MR) is 122 cm³/mol. The van der Waals surface area contributed by atoms with Crippen LogP contribution in [0.2, 0.25) is 0 Å². The monoisotopic (exact) mass is 438 g/mol. The van der Waals surface area contributed by atoms with E-state index in [0.29, 0.717) is 0 Å². The van der Waals surface area contributed by atoms with E-state index in [1.165, 1.54) is 51.2 Å². The molecule has 0 fully saturated rings. The number of hydrogen-bond acceptors (Lipinski definition) is 2. The molecule has 4 rings (SSSR count). The summed E-state index contributed by atoms with van der Waals surface area (Å²) in [5.41, 5.74) is 1.30. The highest BCUT2D eigenvalue weighted by Gasteiger charge is 2.16. The van der Waals surface area contributed by atoms with E-state index in [1.54, 1.807) is 11.3 Å². The highest BCUT2D eigenvalue weighted by Crippen LogP contribution is 2.45. The number of halogens is 1. The topological polar surface area (TPSA) is 9.23 Å². The summed E-state index contributed by atoms with van der Waals surface area (Å²) in [5.74, 6) is 1.03. The van der Waals surface area contributed by atoms with Gasteiger partial charge in [0.2, 0.25) is 0 Å². The zero-order valence-electron chi connectivity index (χ0n) is 15.5. The van der Waals surface area contributed by atoms with Crippen molar-refractivity contribution in [3.8, 4) is 16.2 Å². The largest absolute Gasteiger partial charge is 0.492 e. The smallest absolute Gasteiger partial charge is 0.134 e. The Morgan fingerprint density at radius 3 is 1.96 bits per heavy atom. The molecule has 3 heteroatoms. The molecule has 0 saturated heterocycles. The average molecular weight is 439 g/mol. The van der Waals surface area contributed by atoms with Crippen molar-refractivity contribution < 1.29 is 4.74 Å². The van der Waals surface area contributed by atoms with E-state index in [-0.39, 0.29) is 0 Å². The quantitative estimate of drug-likeness (QED) is 0.207. The molecule has 0 radical (unpaired) electrons. The zero-order valence-corrected chi connectivity index (χ0v) is 17.9. The van der Waals surface area contributed by atoms with Crippen LogP contribution in [0.1, 0.15) is 32.6 Å². The van der Waals surface area contributed by atoms with E-state index in [0.717, 1.165) is 22.6 Å². The predicted octanol–water partition coefficient (Wildman–Crippen LogP) is 8.44. The first-order valence-corrected chi connectivity index (χ1v) is 11.2.